The van der Waals surface area contributed by atoms with Crippen LogP contribution in [0.15, 0.2) is 42.6 Å². The normalized spacial score (nSPS) is 12.9. The van der Waals surface area contributed by atoms with Crippen LogP contribution in [0.1, 0.15) is 6.92 Å². The maximum atomic E-state index is 11.7. The third-order valence-electron chi connectivity index (χ3n) is 3.95. The third kappa shape index (κ3) is 4.60. The Kier molecular flexibility index (Phi) is 5.11. The summed E-state index contributed by atoms with van der Waals surface area (Å²) >= 11 is 0. The fourth-order valence-corrected chi connectivity index (χ4v) is 3.04. The number of rotatable bonds is 7. The number of quaternary nitrogens is 1. The van der Waals surface area contributed by atoms with E-state index in [-0.39, 0.29) is 12.6 Å². The van der Waals surface area contributed by atoms with Crippen LogP contribution in [-0.2, 0) is 11.3 Å². The Labute approximate surface area is 156 Å². The number of likely N-dealkylation sites (N-methyl/N-ethyl adjacent to an activating group) is 1. The van der Waals surface area contributed by atoms with Crippen molar-refractivity contribution in [3.63, 3.8) is 0 Å². The largest absolute Gasteiger partial charge is 0.633 e. The van der Waals surface area contributed by atoms with E-state index in [9.17, 15) is 10.0 Å². The number of hydrogen-bond acceptors (Lipinski definition) is 5. The van der Waals surface area contributed by atoms with Gasteiger partial charge >= 0.3 is 5.97 Å². The topological polar surface area (TPSA) is 100 Å². The van der Waals surface area contributed by atoms with Gasteiger partial charge in [0.15, 0.2) is 5.65 Å². The summed E-state index contributed by atoms with van der Waals surface area (Å²) in [5.74, 6) is -0.318. The molecule has 1 atom stereocenters. The van der Waals surface area contributed by atoms with Crippen LogP contribution in [0.3, 0.4) is 0 Å². The van der Waals surface area contributed by atoms with Crippen molar-refractivity contribution in [1.29, 1.82) is 0 Å². The molecule has 142 valence electrons. The fourth-order valence-electron chi connectivity index (χ4n) is 3.04. The summed E-state index contributed by atoms with van der Waals surface area (Å²) in [4.78, 5) is 15.3. The van der Waals surface area contributed by atoms with Crippen LogP contribution >= 0.6 is 0 Å². The molecule has 1 aromatic carbocycles. The van der Waals surface area contributed by atoms with E-state index in [2.05, 4.69) is 10.1 Å². The summed E-state index contributed by atoms with van der Waals surface area (Å²) in [6.45, 7) is 1.95. The number of ether oxygens (including phenoxy) is 1. The lowest BCUT2D eigenvalue weighted by Crippen LogP contribution is -2.40. The van der Waals surface area contributed by atoms with Crippen LogP contribution in [0.25, 0.3) is 22.3 Å². The minimum absolute atomic E-state index is 0.219. The van der Waals surface area contributed by atoms with E-state index in [1.165, 1.54) is 4.68 Å². The van der Waals surface area contributed by atoms with Crippen LogP contribution < -0.4 is 4.74 Å². The highest BCUT2D eigenvalue weighted by Gasteiger charge is 2.16. The fraction of sp³-hybridized carbons (Fsp3) is 0.316. The molecule has 3 rings (SSSR count). The highest BCUT2D eigenvalue weighted by molar-refractivity contribution is 5.91. The standard InChI is InChI=1S/C19H22N4O4/c1-13(12-23(2,3)26)27-15-8-6-14(7-9-15)18-16-5-4-10-20-19(16)22(21-18)11-17(24)25/h4-10,13H,11-12H2,1-3H3,(H,24,25). The number of carboxylic acid groups (broad SMARTS) is 1. The van der Waals surface area contributed by atoms with Gasteiger partial charge in [0.1, 0.15) is 30.6 Å². The van der Waals surface area contributed by atoms with Gasteiger partial charge in [-0.2, -0.15) is 5.10 Å². The zero-order valence-corrected chi connectivity index (χ0v) is 15.5. The predicted molar refractivity (Wildman–Crippen MR) is 101 cm³/mol. The van der Waals surface area contributed by atoms with Crippen LogP contribution in [0.2, 0.25) is 0 Å². The van der Waals surface area contributed by atoms with E-state index < -0.39 is 10.6 Å². The number of aromatic nitrogens is 3. The molecule has 8 nitrogen and oxygen atoms in total. The molecular weight excluding hydrogens is 348 g/mol. The van der Waals surface area contributed by atoms with E-state index in [1.807, 2.05) is 37.3 Å². The molecule has 0 aliphatic rings. The van der Waals surface area contributed by atoms with Crippen molar-refractivity contribution >= 4 is 17.0 Å². The van der Waals surface area contributed by atoms with Crippen LogP contribution in [0.4, 0.5) is 0 Å². The first kappa shape index (κ1) is 18.8. The maximum absolute atomic E-state index is 11.7. The summed E-state index contributed by atoms with van der Waals surface area (Å²) in [5, 5.41) is 26.0. The first-order valence-corrected chi connectivity index (χ1v) is 8.57. The number of carbonyl (C=O) groups is 1. The summed E-state index contributed by atoms with van der Waals surface area (Å²) in [6.07, 6.45) is 1.39. The highest BCUT2D eigenvalue weighted by atomic mass is 16.5. The summed E-state index contributed by atoms with van der Waals surface area (Å²) < 4.78 is 6.76. The van der Waals surface area contributed by atoms with Crippen LogP contribution in [0, 0.1) is 5.21 Å². The number of hydroxylamine groups is 3. The van der Waals surface area contributed by atoms with E-state index >= 15 is 0 Å². The summed E-state index contributed by atoms with van der Waals surface area (Å²) in [7, 11) is 3.16. The summed E-state index contributed by atoms with van der Waals surface area (Å²) in [5.41, 5.74) is 2.02. The van der Waals surface area contributed by atoms with Gasteiger partial charge in [0.2, 0.25) is 0 Å². The van der Waals surface area contributed by atoms with Crippen molar-refractivity contribution < 1.29 is 19.3 Å². The minimum atomic E-state index is -0.978. The molecule has 0 aliphatic heterocycles. The predicted octanol–water partition coefficient (Wildman–Crippen LogP) is 2.52. The lowest BCUT2D eigenvalue weighted by molar-refractivity contribution is -0.842. The van der Waals surface area contributed by atoms with Gasteiger partial charge in [-0.1, -0.05) is 0 Å². The van der Waals surface area contributed by atoms with E-state index in [4.69, 9.17) is 9.84 Å². The molecule has 0 spiro atoms. The first-order chi connectivity index (χ1) is 12.7. The van der Waals surface area contributed by atoms with Crippen molar-refractivity contribution in [3.05, 3.63) is 47.8 Å². The molecule has 0 saturated carbocycles. The number of nitrogens with zero attached hydrogens (tertiary/aromatic N) is 4. The molecule has 0 radical (unpaired) electrons. The highest BCUT2D eigenvalue weighted by Crippen LogP contribution is 2.28. The molecule has 2 heterocycles. The Balaban J connectivity index is 1.86. The lowest BCUT2D eigenvalue weighted by atomic mass is 10.1. The Morgan fingerprint density at radius 1 is 1.30 bits per heavy atom. The van der Waals surface area contributed by atoms with Crippen LogP contribution in [-0.4, -0.2) is 57.2 Å². The Morgan fingerprint density at radius 3 is 2.63 bits per heavy atom. The summed E-state index contributed by atoms with van der Waals surface area (Å²) in [6, 6.07) is 11.0. The molecule has 3 aromatic rings. The first-order valence-electron chi connectivity index (χ1n) is 8.57. The van der Waals surface area contributed by atoms with Gasteiger partial charge in [0.05, 0.1) is 14.1 Å². The SMILES string of the molecule is CC(C[N+](C)(C)[O-])Oc1ccc(-c2nn(CC(=O)O)c3ncccc23)cc1. The number of fused-ring (bicyclic) bond motifs is 1. The van der Waals surface area contributed by atoms with E-state index in [0.717, 1.165) is 10.9 Å². The van der Waals surface area contributed by atoms with Crippen LogP contribution in [0.5, 0.6) is 5.75 Å². The van der Waals surface area contributed by atoms with Crippen molar-refractivity contribution in [2.75, 3.05) is 20.6 Å². The molecule has 0 amide bonds. The number of aliphatic carboxylic acids is 1. The van der Waals surface area contributed by atoms with E-state index in [0.29, 0.717) is 23.6 Å². The maximum Gasteiger partial charge on any atom is 0.325 e. The number of hydrogen-bond donors (Lipinski definition) is 1. The molecule has 8 heteroatoms. The minimum Gasteiger partial charge on any atom is -0.633 e. The molecule has 0 aliphatic carbocycles. The number of benzene rings is 1. The zero-order chi connectivity index (χ0) is 19.6. The van der Waals surface area contributed by atoms with Crippen molar-refractivity contribution in [2.24, 2.45) is 0 Å². The Bertz CT molecular complexity index is 944. The Hall–Kier alpha value is -2.97. The molecule has 0 fully saturated rings. The molecule has 1 unspecified atom stereocenters. The molecular formula is C19H22N4O4. The van der Waals surface area contributed by atoms with Gasteiger partial charge in [-0.25, -0.2) is 9.67 Å². The molecule has 0 saturated heterocycles. The van der Waals surface area contributed by atoms with Crippen molar-refractivity contribution in [2.45, 2.75) is 19.6 Å². The van der Waals surface area contributed by atoms with Gasteiger partial charge in [-0.15, -0.1) is 0 Å². The van der Waals surface area contributed by atoms with Gasteiger partial charge in [-0.3, -0.25) is 4.79 Å². The van der Waals surface area contributed by atoms with Gasteiger partial charge < -0.3 is 19.7 Å². The van der Waals surface area contributed by atoms with Crippen molar-refractivity contribution in [1.82, 2.24) is 14.8 Å². The van der Waals surface area contributed by atoms with Gasteiger partial charge in [0.25, 0.3) is 0 Å². The smallest absolute Gasteiger partial charge is 0.325 e. The average Bonchev–Trinajstić information content (AvgIpc) is 2.92. The monoisotopic (exact) mass is 370 g/mol. The van der Waals surface area contributed by atoms with Crippen molar-refractivity contribution in [3.8, 4) is 17.0 Å². The van der Waals surface area contributed by atoms with Gasteiger partial charge in [0, 0.05) is 17.1 Å². The number of pyridine rings is 1. The number of carboxylic acids is 1. The molecule has 1 N–H and O–H groups in total. The lowest BCUT2D eigenvalue weighted by Gasteiger charge is -2.35. The second-order valence-corrected chi connectivity index (χ2v) is 6.98. The molecule has 27 heavy (non-hydrogen) atoms. The Morgan fingerprint density at radius 2 is 2.00 bits per heavy atom. The van der Waals surface area contributed by atoms with E-state index in [1.54, 1.807) is 26.4 Å². The zero-order valence-electron chi connectivity index (χ0n) is 15.5. The second-order valence-electron chi connectivity index (χ2n) is 6.98. The van der Waals surface area contributed by atoms with Gasteiger partial charge in [-0.05, 0) is 43.3 Å². The molecule has 0 bridgehead atoms. The second kappa shape index (κ2) is 7.34. The quantitative estimate of drug-likeness (QED) is 0.507. The average molecular weight is 370 g/mol. The third-order valence-corrected chi connectivity index (χ3v) is 3.95. The molecule has 2 aromatic heterocycles.